The molecule has 0 spiro atoms. The minimum atomic E-state index is 0.146. The van der Waals surface area contributed by atoms with E-state index in [0.717, 1.165) is 49.7 Å². The Hall–Kier alpha value is -1.24. The maximum atomic E-state index is 12.5. The minimum Gasteiger partial charge on any atom is -0.337 e. The Kier molecular flexibility index (Phi) is 4.67. The predicted molar refractivity (Wildman–Crippen MR) is 87.0 cm³/mol. The van der Waals surface area contributed by atoms with Crippen LogP contribution in [0.1, 0.15) is 26.7 Å². The lowest BCUT2D eigenvalue weighted by Gasteiger charge is -2.21. The monoisotopic (exact) mass is 321 g/mol. The van der Waals surface area contributed by atoms with Gasteiger partial charge in [0.05, 0.1) is 11.2 Å². The van der Waals surface area contributed by atoms with Gasteiger partial charge in [-0.25, -0.2) is 4.98 Å². The van der Waals surface area contributed by atoms with Crippen molar-refractivity contribution in [2.45, 2.75) is 19.9 Å². The molecule has 1 saturated heterocycles. The first-order valence-corrected chi connectivity index (χ1v) is 8.94. The van der Waals surface area contributed by atoms with Gasteiger partial charge in [-0.15, -0.1) is 22.7 Å². The van der Waals surface area contributed by atoms with E-state index in [1.165, 1.54) is 16.2 Å². The molecule has 1 aliphatic heterocycles. The molecule has 0 atom stereocenters. The number of amides is 1. The normalized spacial score (nSPS) is 16.9. The van der Waals surface area contributed by atoms with Gasteiger partial charge in [0.2, 0.25) is 0 Å². The highest BCUT2D eigenvalue weighted by Crippen LogP contribution is 2.18. The van der Waals surface area contributed by atoms with Crippen LogP contribution in [0, 0.1) is 6.92 Å². The first-order valence-electron chi connectivity index (χ1n) is 7.18. The molecule has 112 valence electrons. The van der Waals surface area contributed by atoms with Crippen molar-refractivity contribution in [3.05, 3.63) is 38.5 Å². The second-order valence-electron chi connectivity index (χ2n) is 5.27. The zero-order chi connectivity index (χ0) is 14.7. The summed E-state index contributed by atoms with van der Waals surface area (Å²) in [5, 5.41) is 2.12. The van der Waals surface area contributed by atoms with E-state index in [0.29, 0.717) is 0 Å². The van der Waals surface area contributed by atoms with Gasteiger partial charge in [-0.1, -0.05) is 6.07 Å². The van der Waals surface area contributed by atoms with Crippen molar-refractivity contribution in [2.75, 3.05) is 26.2 Å². The molecule has 0 N–H and O–H groups in total. The highest BCUT2D eigenvalue weighted by atomic mass is 32.1. The van der Waals surface area contributed by atoms with Crippen LogP contribution in [-0.2, 0) is 6.54 Å². The van der Waals surface area contributed by atoms with Gasteiger partial charge < -0.3 is 4.90 Å². The molecule has 3 rings (SSSR count). The Labute approximate surface area is 133 Å². The van der Waals surface area contributed by atoms with Crippen molar-refractivity contribution in [3.63, 3.8) is 0 Å². The van der Waals surface area contributed by atoms with Crippen LogP contribution in [0.15, 0.2) is 23.0 Å². The van der Waals surface area contributed by atoms with Crippen LogP contribution in [0.25, 0.3) is 0 Å². The third-order valence-electron chi connectivity index (χ3n) is 3.78. The molecule has 0 aliphatic carbocycles. The van der Waals surface area contributed by atoms with E-state index in [2.05, 4.69) is 27.4 Å². The number of carbonyl (C=O) groups excluding carboxylic acids is 1. The van der Waals surface area contributed by atoms with Crippen LogP contribution in [0.3, 0.4) is 0 Å². The van der Waals surface area contributed by atoms with Crippen molar-refractivity contribution < 1.29 is 4.79 Å². The van der Waals surface area contributed by atoms with Crippen LogP contribution in [0.4, 0.5) is 0 Å². The summed E-state index contributed by atoms with van der Waals surface area (Å²) < 4.78 is 0. The maximum Gasteiger partial charge on any atom is 0.265 e. The van der Waals surface area contributed by atoms with Crippen LogP contribution >= 0.6 is 22.7 Å². The Morgan fingerprint density at radius 3 is 2.90 bits per heavy atom. The topological polar surface area (TPSA) is 36.4 Å². The van der Waals surface area contributed by atoms with E-state index in [-0.39, 0.29) is 5.91 Å². The first-order chi connectivity index (χ1) is 10.2. The lowest BCUT2D eigenvalue weighted by Crippen LogP contribution is -2.35. The molecule has 0 bridgehead atoms. The molecule has 6 heteroatoms. The van der Waals surface area contributed by atoms with Crippen molar-refractivity contribution in [2.24, 2.45) is 0 Å². The lowest BCUT2D eigenvalue weighted by atomic mass is 10.3. The second kappa shape index (κ2) is 6.68. The largest absolute Gasteiger partial charge is 0.337 e. The van der Waals surface area contributed by atoms with Gasteiger partial charge in [-0.2, -0.15) is 0 Å². The summed E-state index contributed by atoms with van der Waals surface area (Å²) in [6.45, 7) is 6.56. The average molecular weight is 321 g/mol. The third-order valence-corrected chi connectivity index (χ3v) is 5.55. The summed E-state index contributed by atoms with van der Waals surface area (Å²) in [6.07, 6.45) is 1.04. The van der Waals surface area contributed by atoms with Gasteiger partial charge in [-0.05, 0) is 24.8 Å². The molecule has 3 heterocycles. The summed E-state index contributed by atoms with van der Waals surface area (Å²) in [5.74, 6) is 0.146. The second-order valence-corrected chi connectivity index (χ2v) is 7.16. The van der Waals surface area contributed by atoms with Gasteiger partial charge in [0.25, 0.3) is 5.91 Å². The lowest BCUT2D eigenvalue weighted by molar-refractivity contribution is 0.0765. The molecule has 4 nitrogen and oxygen atoms in total. The van der Waals surface area contributed by atoms with Crippen LogP contribution in [0.5, 0.6) is 0 Å². The molecule has 0 aromatic carbocycles. The summed E-state index contributed by atoms with van der Waals surface area (Å²) in [6, 6.07) is 4.28. The molecule has 0 radical (unpaired) electrons. The van der Waals surface area contributed by atoms with Crippen LogP contribution in [-0.4, -0.2) is 46.9 Å². The van der Waals surface area contributed by atoms with Gasteiger partial charge >= 0.3 is 0 Å². The third kappa shape index (κ3) is 3.51. The first kappa shape index (κ1) is 14.7. The summed E-state index contributed by atoms with van der Waals surface area (Å²) in [4.78, 5) is 23.3. The number of carbonyl (C=O) groups is 1. The SMILES string of the molecule is Cc1ncsc1C(=O)N1CCCN(Cc2cccs2)CC1. The summed E-state index contributed by atoms with van der Waals surface area (Å²) in [7, 11) is 0. The number of nitrogens with zero attached hydrogens (tertiary/aromatic N) is 3. The molecule has 1 amide bonds. The average Bonchev–Trinajstić information content (AvgIpc) is 3.07. The molecule has 2 aromatic heterocycles. The van der Waals surface area contributed by atoms with Gasteiger partial charge in [0, 0.05) is 37.6 Å². The molecule has 0 saturated carbocycles. The van der Waals surface area contributed by atoms with E-state index in [4.69, 9.17) is 0 Å². The highest BCUT2D eigenvalue weighted by Gasteiger charge is 2.22. The minimum absolute atomic E-state index is 0.146. The van der Waals surface area contributed by atoms with E-state index >= 15 is 0 Å². The van der Waals surface area contributed by atoms with Crippen molar-refractivity contribution in [1.29, 1.82) is 0 Å². The fraction of sp³-hybridized carbons (Fsp3) is 0.467. The van der Waals surface area contributed by atoms with E-state index in [1.807, 2.05) is 11.8 Å². The molecule has 21 heavy (non-hydrogen) atoms. The molecule has 1 aliphatic rings. The summed E-state index contributed by atoms with van der Waals surface area (Å²) in [5.41, 5.74) is 2.61. The standard InChI is InChI=1S/C15H19N3OS2/c1-12-14(21-11-16-12)15(19)18-6-3-5-17(7-8-18)10-13-4-2-9-20-13/h2,4,9,11H,3,5-8,10H2,1H3. The maximum absolute atomic E-state index is 12.5. The number of rotatable bonds is 3. The quantitative estimate of drug-likeness (QED) is 0.872. The Bertz CT molecular complexity index is 594. The van der Waals surface area contributed by atoms with Crippen molar-refractivity contribution in [3.8, 4) is 0 Å². The van der Waals surface area contributed by atoms with Gasteiger partial charge in [0.15, 0.2) is 0 Å². The van der Waals surface area contributed by atoms with Gasteiger partial charge in [-0.3, -0.25) is 9.69 Å². The highest BCUT2D eigenvalue weighted by molar-refractivity contribution is 7.11. The summed E-state index contributed by atoms with van der Waals surface area (Å²) >= 11 is 3.25. The molecular weight excluding hydrogens is 302 g/mol. The van der Waals surface area contributed by atoms with Crippen LogP contribution < -0.4 is 0 Å². The number of thiophene rings is 1. The molecular formula is C15H19N3OS2. The zero-order valence-electron chi connectivity index (χ0n) is 12.1. The molecule has 0 unspecified atom stereocenters. The Balaban J connectivity index is 1.60. The van der Waals surface area contributed by atoms with E-state index in [9.17, 15) is 4.79 Å². The van der Waals surface area contributed by atoms with E-state index < -0.39 is 0 Å². The zero-order valence-corrected chi connectivity index (χ0v) is 13.8. The number of aromatic nitrogens is 1. The fourth-order valence-electron chi connectivity index (χ4n) is 2.61. The van der Waals surface area contributed by atoms with Crippen molar-refractivity contribution >= 4 is 28.6 Å². The Morgan fingerprint density at radius 2 is 2.19 bits per heavy atom. The molecule has 1 fully saturated rings. The van der Waals surface area contributed by atoms with E-state index in [1.54, 1.807) is 16.8 Å². The number of hydrogen-bond acceptors (Lipinski definition) is 5. The Morgan fingerprint density at radius 1 is 1.29 bits per heavy atom. The fourth-order valence-corrected chi connectivity index (χ4v) is 4.12. The van der Waals surface area contributed by atoms with Crippen LogP contribution in [0.2, 0.25) is 0 Å². The molecule has 2 aromatic rings. The number of hydrogen-bond donors (Lipinski definition) is 0. The smallest absolute Gasteiger partial charge is 0.265 e. The number of thiazole rings is 1. The number of aryl methyl sites for hydroxylation is 1. The van der Waals surface area contributed by atoms with Crippen molar-refractivity contribution in [1.82, 2.24) is 14.8 Å². The predicted octanol–water partition coefficient (Wildman–Crippen LogP) is 2.86. The van der Waals surface area contributed by atoms with Gasteiger partial charge in [0.1, 0.15) is 4.88 Å².